The lowest BCUT2D eigenvalue weighted by Gasteiger charge is -2.32. The van der Waals surface area contributed by atoms with E-state index >= 15 is 0 Å². The molecule has 0 aliphatic rings. The van der Waals surface area contributed by atoms with Crippen molar-refractivity contribution < 1.29 is 14.7 Å². The Balaban J connectivity index is 2.23. The number of urea groups is 1. The third kappa shape index (κ3) is 6.79. The first-order valence-electron chi connectivity index (χ1n) is 9.68. The zero-order valence-corrected chi connectivity index (χ0v) is 16.3. The first-order chi connectivity index (χ1) is 13.7. The molecular weight excluding hydrogens is 354 g/mol. The van der Waals surface area contributed by atoms with Crippen LogP contribution in [0.25, 0.3) is 0 Å². The molecule has 3 amide bonds. The first kappa shape index (κ1) is 21.6. The quantitative estimate of drug-likeness (QED) is 0.589. The predicted molar refractivity (Wildman–Crippen MR) is 110 cm³/mol. The summed E-state index contributed by atoms with van der Waals surface area (Å²) >= 11 is 0. The highest BCUT2D eigenvalue weighted by Crippen LogP contribution is 2.28. The van der Waals surface area contributed by atoms with E-state index in [1.165, 1.54) is 0 Å². The molecule has 3 N–H and O–H groups in total. The molecule has 150 valence electrons. The Morgan fingerprint density at radius 1 is 1.00 bits per heavy atom. The molecule has 6 heteroatoms. The molecular formula is C22H29N3O3. The van der Waals surface area contributed by atoms with Crippen LogP contribution in [0.5, 0.6) is 0 Å². The van der Waals surface area contributed by atoms with E-state index < -0.39 is 6.03 Å². The van der Waals surface area contributed by atoms with Crippen molar-refractivity contribution in [2.45, 2.75) is 25.8 Å². The molecule has 6 nitrogen and oxygen atoms in total. The van der Waals surface area contributed by atoms with Gasteiger partial charge in [0.2, 0.25) is 5.91 Å². The summed E-state index contributed by atoms with van der Waals surface area (Å²) in [6, 6.07) is 19.2. The van der Waals surface area contributed by atoms with Gasteiger partial charge in [0.15, 0.2) is 0 Å². The van der Waals surface area contributed by atoms with Gasteiger partial charge in [-0.05, 0) is 24.0 Å². The normalized spacial score (nSPS) is 10.9. The van der Waals surface area contributed by atoms with Gasteiger partial charge in [0.1, 0.15) is 0 Å². The summed E-state index contributed by atoms with van der Waals surface area (Å²) < 4.78 is 0. The molecule has 0 saturated carbocycles. The maximum absolute atomic E-state index is 12.5. The molecule has 2 aromatic rings. The SMILES string of the molecule is CCCNC(=O)NC(=O)CN(CCCO)C(c1ccccc1)c1ccccc1. The van der Waals surface area contributed by atoms with Gasteiger partial charge in [0, 0.05) is 19.7 Å². The second kappa shape index (κ2) is 11.9. The molecule has 0 radical (unpaired) electrons. The van der Waals surface area contributed by atoms with Crippen molar-refractivity contribution in [2.75, 3.05) is 26.2 Å². The molecule has 0 bridgehead atoms. The van der Waals surface area contributed by atoms with Gasteiger partial charge in [-0.2, -0.15) is 0 Å². The van der Waals surface area contributed by atoms with Gasteiger partial charge in [-0.25, -0.2) is 4.79 Å². The van der Waals surface area contributed by atoms with Crippen LogP contribution in [0.15, 0.2) is 60.7 Å². The Morgan fingerprint density at radius 3 is 2.07 bits per heavy atom. The van der Waals surface area contributed by atoms with E-state index in [1.807, 2.05) is 72.5 Å². The fourth-order valence-electron chi connectivity index (χ4n) is 3.09. The maximum atomic E-state index is 12.5. The summed E-state index contributed by atoms with van der Waals surface area (Å²) in [5, 5.41) is 14.4. The van der Waals surface area contributed by atoms with Gasteiger partial charge < -0.3 is 10.4 Å². The van der Waals surface area contributed by atoms with Crippen LogP contribution in [-0.2, 0) is 4.79 Å². The summed E-state index contributed by atoms with van der Waals surface area (Å²) in [5.74, 6) is -0.372. The van der Waals surface area contributed by atoms with Crippen LogP contribution < -0.4 is 10.6 Å². The predicted octanol–water partition coefficient (Wildman–Crippen LogP) is 2.70. The monoisotopic (exact) mass is 383 g/mol. The minimum absolute atomic E-state index is 0.0331. The lowest BCUT2D eigenvalue weighted by molar-refractivity contribution is -0.121. The van der Waals surface area contributed by atoms with Crippen molar-refractivity contribution in [3.8, 4) is 0 Å². The van der Waals surface area contributed by atoms with Crippen molar-refractivity contribution in [1.29, 1.82) is 0 Å². The van der Waals surface area contributed by atoms with E-state index in [1.54, 1.807) is 0 Å². The average Bonchev–Trinajstić information content (AvgIpc) is 2.72. The fraction of sp³-hybridized carbons (Fsp3) is 0.364. The van der Waals surface area contributed by atoms with Gasteiger partial charge >= 0.3 is 6.03 Å². The number of hydrogen-bond acceptors (Lipinski definition) is 4. The molecule has 0 heterocycles. The van der Waals surface area contributed by atoms with E-state index in [9.17, 15) is 14.7 Å². The first-order valence-corrected chi connectivity index (χ1v) is 9.68. The summed E-state index contributed by atoms with van der Waals surface area (Å²) in [4.78, 5) is 26.3. The smallest absolute Gasteiger partial charge is 0.321 e. The summed E-state index contributed by atoms with van der Waals surface area (Å²) in [7, 11) is 0. The van der Waals surface area contributed by atoms with Crippen LogP contribution in [0.3, 0.4) is 0 Å². The lowest BCUT2D eigenvalue weighted by atomic mass is 9.96. The van der Waals surface area contributed by atoms with Crippen LogP contribution in [0.2, 0.25) is 0 Å². The highest BCUT2D eigenvalue weighted by molar-refractivity contribution is 5.95. The molecule has 0 aliphatic heterocycles. The van der Waals surface area contributed by atoms with Gasteiger partial charge in [-0.3, -0.25) is 15.0 Å². The number of hydrogen-bond donors (Lipinski definition) is 3. The maximum Gasteiger partial charge on any atom is 0.321 e. The topological polar surface area (TPSA) is 81.7 Å². The fourth-order valence-corrected chi connectivity index (χ4v) is 3.09. The van der Waals surface area contributed by atoms with Crippen molar-refractivity contribution in [1.82, 2.24) is 15.5 Å². The van der Waals surface area contributed by atoms with Gasteiger partial charge in [0.05, 0.1) is 12.6 Å². The van der Waals surface area contributed by atoms with Gasteiger partial charge in [-0.15, -0.1) is 0 Å². The number of carbonyl (C=O) groups is 2. The van der Waals surface area contributed by atoms with Crippen LogP contribution in [-0.4, -0.2) is 48.2 Å². The molecule has 28 heavy (non-hydrogen) atoms. The van der Waals surface area contributed by atoms with Gasteiger partial charge in [-0.1, -0.05) is 67.6 Å². The molecule has 0 unspecified atom stereocenters. The Labute approximate surface area is 166 Å². The molecule has 0 saturated heterocycles. The Kier molecular flexibility index (Phi) is 9.18. The molecule has 0 spiro atoms. The number of amides is 3. The van der Waals surface area contributed by atoms with Crippen LogP contribution >= 0.6 is 0 Å². The molecule has 0 fully saturated rings. The zero-order chi connectivity index (χ0) is 20.2. The molecule has 0 atom stereocenters. The van der Waals surface area contributed by atoms with E-state index in [-0.39, 0.29) is 25.1 Å². The van der Waals surface area contributed by atoms with Crippen LogP contribution in [0.4, 0.5) is 4.79 Å². The number of rotatable bonds is 10. The highest BCUT2D eigenvalue weighted by Gasteiger charge is 2.24. The summed E-state index contributed by atoms with van der Waals surface area (Å²) in [6.07, 6.45) is 1.33. The molecule has 2 aromatic carbocycles. The highest BCUT2D eigenvalue weighted by atomic mass is 16.3. The minimum atomic E-state index is -0.482. The second-order valence-electron chi connectivity index (χ2n) is 6.58. The Morgan fingerprint density at radius 2 is 1.57 bits per heavy atom. The van der Waals surface area contributed by atoms with Crippen LogP contribution in [0.1, 0.15) is 36.9 Å². The molecule has 2 rings (SSSR count). The van der Waals surface area contributed by atoms with Crippen molar-refractivity contribution in [3.05, 3.63) is 71.8 Å². The third-order valence-electron chi connectivity index (χ3n) is 4.33. The third-order valence-corrected chi connectivity index (χ3v) is 4.33. The van der Waals surface area contributed by atoms with E-state index in [0.29, 0.717) is 19.5 Å². The zero-order valence-electron chi connectivity index (χ0n) is 16.3. The number of imide groups is 1. The molecule has 0 aromatic heterocycles. The lowest BCUT2D eigenvalue weighted by Crippen LogP contribution is -2.46. The summed E-state index contributed by atoms with van der Waals surface area (Å²) in [5.41, 5.74) is 2.10. The number of carbonyl (C=O) groups excluding carboxylic acids is 2. The Hall–Kier alpha value is -2.70. The Bertz CT molecular complexity index is 683. The minimum Gasteiger partial charge on any atom is -0.396 e. The van der Waals surface area contributed by atoms with Crippen molar-refractivity contribution in [3.63, 3.8) is 0 Å². The second-order valence-corrected chi connectivity index (χ2v) is 6.58. The number of nitrogens with one attached hydrogen (secondary N) is 2. The number of nitrogens with zero attached hydrogens (tertiary/aromatic N) is 1. The number of aliphatic hydroxyl groups excluding tert-OH is 1. The standard InChI is InChI=1S/C22H29N3O3/c1-2-14-23-22(28)24-20(27)17-25(15-9-16-26)21(18-10-5-3-6-11-18)19-12-7-4-8-13-19/h3-8,10-13,21,26H,2,9,14-17H2,1H3,(H2,23,24,27,28). The van der Waals surface area contributed by atoms with Crippen molar-refractivity contribution in [2.24, 2.45) is 0 Å². The van der Waals surface area contributed by atoms with Crippen molar-refractivity contribution >= 4 is 11.9 Å². The number of benzene rings is 2. The number of aliphatic hydroxyl groups is 1. The van der Waals surface area contributed by atoms with E-state index in [2.05, 4.69) is 10.6 Å². The molecule has 0 aliphatic carbocycles. The van der Waals surface area contributed by atoms with Gasteiger partial charge in [0.25, 0.3) is 0 Å². The van der Waals surface area contributed by atoms with Crippen LogP contribution in [0, 0.1) is 0 Å². The summed E-state index contributed by atoms with van der Waals surface area (Å²) in [6.45, 7) is 3.07. The van der Waals surface area contributed by atoms with E-state index in [0.717, 1.165) is 17.5 Å². The average molecular weight is 383 g/mol. The largest absolute Gasteiger partial charge is 0.396 e. The van der Waals surface area contributed by atoms with E-state index in [4.69, 9.17) is 0 Å².